The van der Waals surface area contributed by atoms with Gasteiger partial charge in [-0.2, -0.15) is 5.26 Å². The average molecular weight is 251 g/mol. The highest BCUT2D eigenvalue weighted by Gasteiger charge is 2.56. The van der Waals surface area contributed by atoms with Crippen molar-refractivity contribution in [1.82, 2.24) is 0 Å². The topological polar surface area (TPSA) is 62.5 Å². The maximum absolute atomic E-state index is 10.9. The molecule has 1 aliphatic heterocycles. The first kappa shape index (κ1) is 12.4. The van der Waals surface area contributed by atoms with E-state index in [2.05, 4.69) is 6.07 Å². The van der Waals surface area contributed by atoms with Gasteiger partial charge in [0.25, 0.3) is 0 Å². The molecule has 4 nitrogen and oxygen atoms in total. The molecule has 0 bridgehead atoms. The van der Waals surface area contributed by atoms with E-state index in [0.29, 0.717) is 38.9 Å². The lowest BCUT2D eigenvalue weighted by molar-refractivity contribution is -0.216. The molecular formula is C14H21NO3. The smallest absolute Gasteiger partial charge is 0.168 e. The largest absolute Gasteiger partial charge is 0.388 e. The summed E-state index contributed by atoms with van der Waals surface area (Å²) in [5.41, 5.74) is -1.36. The lowest BCUT2D eigenvalue weighted by atomic mass is 9.63. The second-order valence-corrected chi connectivity index (χ2v) is 6.04. The molecule has 1 saturated heterocycles. The van der Waals surface area contributed by atoms with E-state index in [0.717, 1.165) is 25.7 Å². The Labute approximate surface area is 108 Å². The highest BCUT2D eigenvalue weighted by atomic mass is 16.7. The summed E-state index contributed by atoms with van der Waals surface area (Å²) in [5.74, 6) is -0.457. The summed E-state index contributed by atoms with van der Waals surface area (Å²) >= 11 is 0. The minimum absolute atomic E-state index is 0.457. The normalized spacial score (nSPS) is 32.4. The van der Waals surface area contributed by atoms with E-state index < -0.39 is 16.8 Å². The van der Waals surface area contributed by atoms with Crippen LogP contribution in [0.15, 0.2) is 0 Å². The van der Waals surface area contributed by atoms with E-state index in [1.807, 2.05) is 0 Å². The molecule has 0 aromatic heterocycles. The molecule has 0 aromatic carbocycles. The lowest BCUT2D eigenvalue weighted by Gasteiger charge is -2.47. The molecule has 0 radical (unpaired) electrons. The summed E-state index contributed by atoms with van der Waals surface area (Å²) in [6.07, 6.45) is 6.49. The highest BCUT2D eigenvalue weighted by molar-refractivity contribution is 5.15. The molecule has 1 heterocycles. The zero-order valence-corrected chi connectivity index (χ0v) is 10.8. The molecule has 0 unspecified atom stereocenters. The molecule has 3 aliphatic rings. The van der Waals surface area contributed by atoms with Gasteiger partial charge in [0.2, 0.25) is 0 Å². The Kier molecular flexibility index (Phi) is 2.89. The molecule has 1 spiro atoms. The predicted octanol–water partition coefficient (Wildman–Crippen LogP) is 2.12. The summed E-state index contributed by atoms with van der Waals surface area (Å²) in [4.78, 5) is 0. The predicted molar refractivity (Wildman–Crippen MR) is 64.6 cm³/mol. The Morgan fingerprint density at radius 1 is 0.889 bits per heavy atom. The van der Waals surface area contributed by atoms with Gasteiger partial charge in [-0.15, -0.1) is 0 Å². The fourth-order valence-electron chi connectivity index (χ4n) is 3.97. The van der Waals surface area contributed by atoms with Gasteiger partial charge in [-0.3, -0.25) is 0 Å². The van der Waals surface area contributed by atoms with Crippen molar-refractivity contribution in [3.63, 3.8) is 0 Å². The van der Waals surface area contributed by atoms with Crippen LogP contribution in [0, 0.1) is 16.7 Å². The summed E-state index contributed by atoms with van der Waals surface area (Å²) in [6.45, 7) is 1.31. The first-order valence-corrected chi connectivity index (χ1v) is 7.05. The van der Waals surface area contributed by atoms with Crippen LogP contribution in [0.1, 0.15) is 51.4 Å². The first-order chi connectivity index (χ1) is 8.64. The van der Waals surface area contributed by atoms with Gasteiger partial charge in [0.1, 0.15) is 0 Å². The molecule has 3 fully saturated rings. The maximum Gasteiger partial charge on any atom is 0.168 e. The standard InChI is InChI=1S/C14H21NO3/c15-11-12(3-1-2-4-12)13(16)5-7-14(8-6-13)17-9-10-18-14/h16H,1-10H2. The SMILES string of the molecule is N#CC1(C2(O)CCC3(CC2)OCCO3)CCCC1. The summed E-state index contributed by atoms with van der Waals surface area (Å²) in [6, 6.07) is 2.44. The van der Waals surface area contributed by atoms with Crippen LogP contribution < -0.4 is 0 Å². The zero-order chi connectivity index (χ0) is 12.7. The van der Waals surface area contributed by atoms with E-state index in [1.54, 1.807) is 0 Å². The molecule has 3 rings (SSSR count). The quantitative estimate of drug-likeness (QED) is 0.775. The molecule has 1 N–H and O–H groups in total. The van der Waals surface area contributed by atoms with Crippen LogP contribution in [0.25, 0.3) is 0 Å². The second-order valence-electron chi connectivity index (χ2n) is 6.04. The van der Waals surface area contributed by atoms with Gasteiger partial charge >= 0.3 is 0 Å². The summed E-state index contributed by atoms with van der Waals surface area (Å²) in [5, 5.41) is 20.4. The van der Waals surface area contributed by atoms with Gasteiger partial charge in [0, 0.05) is 12.8 Å². The number of aliphatic hydroxyl groups is 1. The van der Waals surface area contributed by atoms with E-state index >= 15 is 0 Å². The average Bonchev–Trinajstić information content (AvgIpc) is 3.04. The van der Waals surface area contributed by atoms with Crippen molar-refractivity contribution in [2.45, 2.75) is 62.8 Å². The van der Waals surface area contributed by atoms with Crippen LogP contribution in [-0.4, -0.2) is 29.7 Å². The third-order valence-electron chi connectivity index (χ3n) is 5.21. The van der Waals surface area contributed by atoms with Crippen molar-refractivity contribution in [3.05, 3.63) is 0 Å². The molecular weight excluding hydrogens is 230 g/mol. The molecule has 18 heavy (non-hydrogen) atoms. The fraction of sp³-hybridized carbons (Fsp3) is 0.929. The number of rotatable bonds is 1. The number of nitriles is 1. The fourth-order valence-corrected chi connectivity index (χ4v) is 3.97. The maximum atomic E-state index is 10.9. The van der Waals surface area contributed by atoms with E-state index in [9.17, 15) is 10.4 Å². The molecule has 100 valence electrons. The summed E-state index contributed by atoms with van der Waals surface area (Å²) in [7, 11) is 0. The van der Waals surface area contributed by atoms with Gasteiger partial charge in [-0.05, 0) is 25.7 Å². The number of nitrogens with zero attached hydrogens (tertiary/aromatic N) is 1. The van der Waals surface area contributed by atoms with Crippen LogP contribution in [-0.2, 0) is 9.47 Å². The van der Waals surface area contributed by atoms with Crippen molar-refractivity contribution >= 4 is 0 Å². The van der Waals surface area contributed by atoms with Gasteiger partial charge < -0.3 is 14.6 Å². The van der Waals surface area contributed by atoms with Gasteiger partial charge in [-0.25, -0.2) is 0 Å². The molecule has 2 saturated carbocycles. The first-order valence-electron chi connectivity index (χ1n) is 7.05. The van der Waals surface area contributed by atoms with Crippen molar-refractivity contribution in [3.8, 4) is 6.07 Å². The molecule has 2 aliphatic carbocycles. The third kappa shape index (κ3) is 1.69. The third-order valence-corrected chi connectivity index (χ3v) is 5.21. The summed E-state index contributed by atoms with van der Waals surface area (Å²) < 4.78 is 11.4. The zero-order valence-electron chi connectivity index (χ0n) is 10.8. The number of hydrogen-bond donors (Lipinski definition) is 1. The Balaban J connectivity index is 1.76. The lowest BCUT2D eigenvalue weighted by Crippen LogP contribution is -2.52. The van der Waals surface area contributed by atoms with E-state index in [1.165, 1.54) is 0 Å². The molecule has 0 atom stereocenters. The van der Waals surface area contributed by atoms with Crippen molar-refractivity contribution in [1.29, 1.82) is 5.26 Å². The van der Waals surface area contributed by atoms with Crippen LogP contribution in [0.3, 0.4) is 0 Å². The Hall–Kier alpha value is -0.630. The monoisotopic (exact) mass is 251 g/mol. The van der Waals surface area contributed by atoms with Gasteiger partial charge in [0.05, 0.1) is 30.3 Å². The van der Waals surface area contributed by atoms with Crippen LogP contribution in [0.2, 0.25) is 0 Å². The number of hydrogen-bond acceptors (Lipinski definition) is 4. The Morgan fingerprint density at radius 3 is 1.94 bits per heavy atom. The highest BCUT2D eigenvalue weighted by Crippen LogP contribution is 2.54. The second kappa shape index (κ2) is 4.19. The van der Waals surface area contributed by atoms with Crippen molar-refractivity contribution in [2.24, 2.45) is 5.41 Å². The van der Waals surface area contributed by atoms with E-state index in [-0.39, 0.29) is 0 Å². The van der Waals surface area contributed by atoms with Crippen LogP contribution in [0.5, 0.6) is 0 Å². The van der Waals surface area contributed by atoms with Crippen LogP contribution in [0.4, 0.5) is 0 Å². The molecule has 0 amide bonds. The minimum Gasteiger partial charge on any atom is -0.388 e. The van der Waals surface area contributed by atoms with E-state index in [4.69, 9.17) is 9.47 Å². The molecule has 0 aromatic rings. The molecule has 4 heteroatoms. The van der Waals surface area contributed by atoms with Crippen LogP contribution >= 0.6 is 0 Å². The van der Waals surface area contributed by atoms with Gasteiger partial charge in [0.15, 0.2) is 5.79 Å². The Morgan fingerprint density at radius 2 is 1.44 bits per heavy atom. The van der Waals surface area contributed by atoms with Gasteiger partial charge in [-0.1, -0.05) is 12.8 Å². The minimum atomic E-state index is -0.835. The Bertz CT molecular complexity index is 352. The van der Waals surface area contributed by atoms with Crippen molar-refractivity contribution < 1.29 is 14.6 Å². The number of ether oxygens (including phenoxy) is 2. The van der Waals surface area contributed by atoms with Crippen molar-refractivity contribution in [2.75, 3.05) is 13.2 Å².